The molecule has 0 saturated carbocycles. The number of aryl methyl sites for hydroxylation is 2. The minimum absolute atomic E-state index is 0.0562. The van der Waals surface area contributed by atoms with Crippen molar-refractivity contribution in [3.8, 4) is 0 Å². The molecule has 1 atom stereocenters. The van der Waals surface area contributed by atoms with Crippen LogP contribution in [-0.4, -0.2) is 28.0 Å². The maximum absolute atomic E-state index is 6.37. The Morgan fingerprint density at radius 2 is 2.10 bits per heavy atom. The third-order valence-electron chi connectivity index (χ3n) is 4.79. The molecule has 2 heterocycles. The summed E-state index contributed by atoms with van der Waals surface area (Å²) in [6.45, 7) is 11.0. The lowest BCUT2D eigenvalue weighted by Crippen LogP contribution is -2.46. The zero-order chi connectivity index (χ0) is 15.5. The van der Waals surface area contributed by atoms with Gasteiger partial charge in [-0.2, -0.15) is 5.10 Å². The van der Waals surface area contributed by atoms with Crippen LogP contribution in [0.15, 0.2) is 0 Å². The van der Waals surface area contributed by atoms with E-state index in [2.05, 4.69) is 31.2 Å². The van der Waals surface area contributed by atoms with Gasteiger partial charge in [0.25, 0.3) is 0 Å². The smallest absolute Gasteiger partial charge is 0.0860 e. The van der Waals surface area contributed by atoms with Crippen LogP contribution in [0.2, 0.25) is 5.02 Å². The van der Waals surface area contributed by atoms with Gasteiger partial charge in [0.2, 0.25) is 0 Å². The lowest BCUT2D eigenvalue weighted by atomic mass is 9.86. The first-order valence-electron chi connectivity index (χ1n) is 8.14. The summed E-state index contributed by atoms with van der Waals surface area (Å²) in [6, 6.07) is 0.496. The molecule has 1 aliphatic heterocycles. The van der Waals surface area contributed by atoms with Gasteiger partial charge in [0, 0.05) is 25.7 Å². The molecule has 0 aromatic carbocycles. The zero-order valence-corrected chi connectivity index (χ0v) is 14.5. The van der Waals surface area contributed by atoms with Gasteiger partial charge in [-0.05, 0) is 39.5 Å². The van der Waals surface area contributed by atoms with Crippen molar-refractivity contribution in [3.05, 3.63) is 16.4 Å². The molecule has 120 valence electrons. The van der Waals surface area contributed by atoms with Crippen LogP contribution in [0, 0.1) is 6.92 Å². The second-order valence-corrected chi connectivity index (χ2v) is 6.35. The molecule has 5 heteroatoms. The van der Waals surface area contributed by atoms with Gasteiger partial charge < -0.3 is 10.1 Å². The number of hydrogen-bond donors (Lipinski definition) is 1. The van der Waals surface area contributed by atoms with E-state index in [0.29, 0.717) is 6.04 Å². The molecule has 0 spiro atoms. The standard InChI is InChI=1S/C16H28ClN3O/c1-5-16(6-2)10-13(8-9-21-16)18-11-14-15(17)12(4)19-20(14)7-3/h13,18H,5-11H2,1-4H3. The second kappa shape index (κ2) is 7.12. The highest BCUT2D eigenvalue weighted by molar-refractivity contribution is 6.31. The molecule has 1 saturated heterocycles. The largest absolute Gasteiger partial charge is 0.375 e. The summed E-state index contributed by atoms with van der Waals surface area (Å²) < 4.78 is 8.03. The van der Waals surface area contributed by atoms with Crippen LogP contribution in [0.3, 0.4) is 0 Å². The molecule has 1 aromatic heterocycles. The SMILES string of the molecule is CCn1nc(C)c(Cl)c1CNC1CCOC(CC)(CC)C1. The molecule has 21 heavy (non-hydrogen) atoms. The van der Waals surface area contributed by atoms with Gasteiger partial charge in [0.15, 0.2) is 0 Å². The minimum atomic E-state index is 0.0562. The predicted octanol–water partition coefficient (Wildman–Crippen LogP) is 3.69. The van der Waals surface area contributed by atoms with E-state index in [1.54, 1.807) is 0 Å². The molecule has 2 rings (SSSR count). The maximum Gasteiger partial charge on any atom is 0.0860 e. The first kappa shape index (κ1) is 16.8. The number of nitrogens with zero attached hydrogens (tertiary/aromatic N) is 2. The Bertz CT molecular complexity index is 468. The Morgan fingerprint density at radius 1 is 1.38 bits per heavy atom. The molecular formula is C16H28ClN3O. The fraction of sp³-hybridized carbons (Fsp3) is 0.812. The predicted molar refractivity (Wildman–Crippen MR) is 86.8 cm³/mol. The van der Waals surface area contributed by atoms with Crippen LogP contribution in [0.25, 0.3) is 0 Å². The topological polar surface area (TPSA) is 39.1 Å². The second-order valence-electron chi connectivity index (χ2n) is 5.97. The third-order valence-corrected chi connectivity index (χ3v) is 5.28. The van der Waals surface area contributed by atoms with E-state index in [9.17, 15) is 0 Å². The first-order chi connectivity index (χ1) is 10.0. The third kappa shape index (κ3) is 3.61. The van der Waals surface area contributed by atoms with Crippen molar-refractivity contribution >= 4 is 11.6 Å². The molecule has 1 aliphatic rings. The van der Waals surface area contributed by atoms with E-state index in [0.717, 1.165) is 61.8 Å². The summed E-state index contributed by atoms with van der Waals surface area (Å²) in [5.74, 6) is 0. The highest BCUT2D eigenvalue weighted by Gasteiger charge is 2.34. The van der Waals surface area contributed by atoms with Gasteiger partial charge in [0.1, 0.15) is 0 Å². The van der Waals surface area contributed by atoms with E-state index < -0.39 is 0 Å². The van der Waals surface area contributed by atoms with E-state index >= 15 is 0 Å². The van der Waals surface area contributed by atoms with Crippen molar-refractivity contribution in [1.29, 1.82) is 0 Å². The normalized spacial score (nSPS) is 21.7. The first-order valence-corrected chi connectivity index (χ1v) is 8.52. The van der Waals surface area contributed by atoms with Crippen molar-refractivity contribution in [2.45, 2.75) is 78.1 Å². The van der Waals surface area contributed by atoms with E-state index in [1.807, 2.05) is 11.6 Å². The van der Waals surface area contributed by atoms with Crippen molar-refractivity contribution in [2.24, 2.45) is 0 Å². The van der Waals surface area contributed by atoms with E-state index in [1.165, 1.54) is 0 Å². The summed E-state index contributed by atoms with van der Waals surface area (Å²) in [5.41, 5.74) is 2.07. The van der Waals surface area contributed by atoms with Crippen LogP contribution in [0.4, 0.5) is 0 Å². The number of nitrogens with one attached hydrogen (secondary N) is 1. The van der Waals surface area contributed by atoms with Crippen molar-refractivity contribution in [3.63, 3.8) is 0 Å². The summed E-state index contributed by atoms with van der Waals surface area (Å²) in [5, 5.41) is 8.94. The molecule has 0 bridgehead atoms. The van der Waals surface area contributed by atoms with Gasteiger partial charge in [0.05, 0.1) is 22.0 Å². The fourth-order valence-electron chi connectivity index (χ4n) is 3.22. The molecule has 4 nitrogen and oxygen atoms in total. The van der Waals surface area contributed by atoms with Gasteiger partial charge in [-0.1, -0.05) is 25.4 Å². The van der Waals surface area contributed by atoms with Crippen molar-refractivity contribution in [1.82, 2.24) is 15.1 Å². The Labute approximate surface area is 133 Å². The highest BCUT2D eigenvalue weighted by atomic mass is 35.5. The molecular weight excluding hydrogens is 286 g/mol. The minimum Gasteiger partial charge on any atom is -0.375 e. The molecule has 1 fully saturated rings. The van der Waals surface area contributed by atoms with Crippen LogP contribution in [0.1, 0.15) is 57.8 Å². The van der Waals surface area contributed by atoms with Crippen LogP contribution in [0.5, 0.6) is 0 Å². The van der Waals surface area contributed by atoms with Gasteiger partial charge in [-0.15, -0.1) is 0 Å². The van der Waals surface area contributed by atoms with E-state index in [4.69, 9.17) is 16.3 Å². The van der Waals surface area contributed by atoms with Crippen LogP contribution >= 0.6 is 11.6 Å². The average Bonchev–Trinajstić information content (AvgIpc) is 2.80. The summed E-state index contributed by atoms with van der Waals surface area (Å²) in [4.78, 5) is 0. The lowest BCUT2D eigenvalue weighted by molar-refractivity contribution is -0.0932. The zero-order valence-electron chi connectivity index (χ0n) is 13.7. The average molecular weight is 314 g/mol. The van der Waals surface area contributed by atoms with Crippen molar-refractivity contribution < 1.29 is 4.74 Å². The molecule has 1 aromatic rings. The monoisotopic (exact) mass is 313 g/mol. The number of ether oxygens (including phenoxy) is 1. The lowest BCUT2D eigenvalue weighted by Gasteiger charge is -2.40. The Kier molecular flexibility index (Phi) is 5.69. The van der Waals surface area contributed by atoms with Crippen LogP contribution in [-0.2, 0) is 17.8 Å². The van der Waals surface area contributed by atoms with Gasteiger partial charge in [-0.25, -0.2) is 0 Å². The quantitative estimate of drug-likeness (QED) is 0.870. The Hall–Kier alpha value is -0.580. The maximum atomic E-state index is 6.37. The van der Waals surface area contributed by atoms with Gasteiger partial charge >= 0.3 is 0 Å². The fourth-order valence-corrected chi connectivity index (χ4v) is 3.43. The Morgan fingerprint density at radius 3 is 2.71 bits per heavy atom. The highest BCUT2D eigenvalue weighted by Crippen LogP contribution is 2.31. The number of aromatic nitrogens is 2. The summed E-state index contributed by atoms with van der Waals surface area (Å²) in [6.07, 6.45) is 4.30. The molecule has 0 amide bonds. The molecule has 1 N–H and O–H groups in total. The van der Waals surface area contributed by atoms with E-state index in [-0.39, 0.29) is 5.60 Å². The summed E-state index contributed by atoms with van der Waals surface area (Å²) >= 11 is 6.37. The molecule has 0 radical (unpaired) electrons. The molecule has 0 aliphatic carbocycles. The summed E-state index contributed by atoms with van der Waals surface area (Å²) in [7, 11) is 0. The van der Waals surface area contributed by atoms with Gasteiger partial charge in [-0.3, -0.25) is 4.68 Å². The van der Waals surface area contributed by atoms with Crippen molar-refractivity contribution in [2.75, 3.05) is 6.61 Å². The number of rotatable bonds is 6. The molecule has 1 unspecified atom stereocenters. The number of hydrogen-bond acceptors (Lipinski definition) is 3. The Balaban J connectivity index is 2.00. The number of halogens is 1. The van der Waals surface area contributed by atoms with Crippen LogP contribution < -0.4 is 5.32 Å².